The zero-order valence-corrected chi connectivity index (χ0v) is 10.9. The monoisotopic (exact) mass is 235 g/mol. The third-order valence-electron chi connectivity index (χ3n) is 3.66. The van der Waals surface area contributed by atoms with Crippen LogP contribution in [0, 0.1) is 12.8 Å². The summed E-state index contributed by atoms with van der Waals surface area (Å²) in [4.78, 5) is 13.2. The fourth-order valence-corrected chi connectivity index (χ4v) is 2.58. The van der Waals surface area contributed by atoms with Crippen molar-refractivity contribution in [2.45, 2.75) is 33.1 Å². The quantitative estimate of drug-likeness (QED) is 0.779. The standard InChI is InChI=1S/C13H21N3O/c1-10-9-15(3)14-13(10)8-12-4-6-16(7-5-12)11(2)17/h9,12H,4-8H2,1-3H3. The first kappa shape index (κ1) is 12.1. The summed E-state index contributed by atoms with van der Waals surface area (Å²) in [6.07, 6.45) is 5.34. The van der Waals surface area contributed by atoms with Gasteiger partial charge in [0, 0.05) is 33.3 Å². The summed E-state index contributed by atoms with van der Waals surface area (Å²) in [5, 5.41) is 4.49. The third-order valence-corrected chi connectivity index (χ3v) is 3.66. The van der Waals surface area contributed by atoms with Crippen molar-refractivity contribution in [1.82, 2.24) is 14.7 Å². The smallest absolute Gasteiger partial charge is 0.219 e. The van der Waals surface area contributed by atoms with Crippen LogP contribution in [-0.4, -0.2) is 33.7 Å². The molecular formula is C13H21N3O. The summed E-state index contributed by atoms with van der Waals surface area (Å²) >= 11 is 0. The predicted octanol–water partition coefficient (Wildman–Crippen LogP) is 1.53. The first-order chi connectivity index (χ1) is 8.06. The van der Waals surface area contributed by atoms with Crippen molar-refractivity contribution < 1.29 is 4.79 Å². The summed E-state index contributed by atoms with van der Waals surface area (Å²) in [5.74, 6) is 0.886. The van der Waals surface area contributed by atoms with E-state index in [2.05, 4.69) is 18.2 Å². The topological polar surface area (TPSA) is 38.1 Å². The summed E-state index contributed by atoms with van der Waals surface area (Å²) in [6, 6.07) is 0. The highest BCUT2D eigenvalue weighted by Gasteiger charge is 2.22. The molecule has 1 aliphatic heterocycles. The van der Waals surface area contributed by atoms with Crippen LogP contribution in [0.15, 0.2) is 6.20 Å². The minimum absolute atomic E-state index is 0.206. The van der Waals surface area contributed by atoms with Crippen molar-refractivity contribution in [2.75, 3.05) is 13.1 Å². The van der Waals surface area contributed by atoms with E-state index in [1.807, 2.05) is 16.6 Å². The van der Waals surface area contributed by atoms with E-state index in [0.29, 0.717) is 5.92 Å². The Bertz CT molecular complexity index is 403. The molecule has 1 fully saturated rings. The second kappa shape index (κ2) is 4.90. The Labute approximate surface area is 103 Å². The largest absolute Gasteiger partial charge is 0.343 e. The maximum absolute atomic E-state index is 11.2. The molecule has 94 valence electrons. The molecule has 0 radical (unpaired) electrons. The number of hydrogen-bond acceptors (Lipinski definition) is 2. The zero-order chi connectivity index (χ0) is 12.4. The Hall–Kier alpha value is -1.32. The lowest BCUT2D eigenvalue weighted by Crippen LogP contribution is -2.37. The molecule has 0 spiro atoms. The van der Waals surface area contributed by atoms with Crippen LogP contribution in [0.25, 0.3) is 0 Å². The number of piperidine rings is 1. The average molecular weight is 235 g/mol. The molecule has 0 saturated carbocycles. The summed E-state index contributed by atoms with van der Waals surface area (Å²) in [6.45, 7) is 5.59. The number of amides is 1. The molecule has 1 aromatic heterocycles. The van der Waals surface area contributed by atoms with Crippen LogP contribution >= 0.6 is 0 Å². The van der Waals surface area contributed by atoms with Crippen molar-refractivity contribution in [3.8, 4) is 0 Å². The first-order valence-electron chi connectivity index (χ1n) is 6.31. The number of carbonyl (C=O) groups excluding carboxylic acids is 1. The molecule has 0 aromatic carbocycles. The molecule has 1 aliphatic rings. The molecule has 0 atom stereocenters. The van der Waals surface area contributed by atoms with Gasteiger partial charge < -0.3 is 4.90 Å². The maximum Gasteiger partial charge on any atom is 0.219 e. The van der Waals surface area contributed by atoms with Gasteiger partial charge in [-0.05, 0) is 37.7 Å². The number of nitrogens with zero attached hydrogens (tertiary/aromatic N) is 3. The minimum Gasteiger partial charge on any atom is -0.343 e. The van der Waals surface area contributed by atoms with E-state index in [4.69, 9.17) is 0 Å². The molecule has 1 saturated heterocycles. The van der Waals surface area contributed by atoms with Gasteiger partial charge in [-0.3, -0.25) is 9.48 Å². The van der Waals surface area contributed by atoms with Gasteiger partial charge in [0.1, 0.15) is 0 Å². The van der Waals surface area contributed by atoms with Crippen molar-refractivity contribution in [1.29, 1.82) is 0 Å². The van der Waals surface area contributed by atoms with E-state index in [9.17, 15) is 4.79 Å². The molecule has 17 heavy (non-hydrogen) atoms. The third kappa shape index (κ3) is 2.87. The normalized spacial score (nSPS) is 17.5. The molecule has 0 aliphatic carbocycles. The predicted molar refractivity (Wildman–Crippen MR) is 66.6 cm³/mol. The molecule has 1 amide bonds. The van der Waals surface area contributed by atoms with E-state index in [1.165, 1.54) is 11.3 Å². The molecule has 4 nitrogen and oxygen atoms in total. The van der Waals surface area contributed by atoms with Crippen LogP contribution in [0.5, 0.6) is 0 Å². The highest BCUT2D eigenvalue weighted by molar-refractivity contribution is 5.73. The van der Waals surface area contributed by atoms with Crippen LogP contribution in [0.4, 0.5) is 0 Å². The lowest BCUT2D eigenvalue weighted by Gasteiger charge is -2.31. The number of likely N-dealkylation sites (tertiary alicyclic amines) is 1. The second-order valence-corrected chi connectivity index (χ2v) is 5.09. The lowest BCUT2D eigenvalue weighted by molar-refractivity contribution is -0.130. The van der Waals surface area contributed by atoms with Gasteiger partial charge >= 0.3 is 0 Å². The molecule has 0 N–H and O–H groups in total. The van der Waals surface area contributed by atoms with Crippen LogP contribution in [-0.2, 0) is 18.3 Å². The molecule has 2 rings (SSSR count). The van der Waals surface area contributed by atoms with Gasteiger partial charge in [0.05, 0.1) is 5.69 Å². The second-order valence-electron chi connectivity index (χ2n) is 5.09. The molecule has 0 unspecified atom stereocenters. The SMILES string of the molecule is CC(=O)N1CCC(Cc2nn(C)cc2C)CC1. The van der Waals surface area contributed by atoms with E-state index >= 15 is 0 Å². The fourth-order valence-electron chi connectivity index (χ4n) is 2.58. The molecule has 2 heterocycles. The van der Waals surface area contributed by atoms with Crippen molar-refractivity contribution in [3.63, 3.8) is 0 Å². The Balaban J connectivity index is 1.90. The number of rotatable bonds is 2. The van der Waals surface area contributed by atoms with Gasteiger partial charge in [-0.15, -0.1) is 0 Å². The number of aromatic nitrogens is 2. The fraction of sp³-hybridized carbons (Fsp3) is 0.692. The molecule has 0 bridgehead atoms. The minimum atomic E-state index is 0.206. The van der Waals surface area contributed by atoms with Gasteiger partial charge in [-0.1, -0.05) is 0 Å². The number of carbonyl (C=O) groups is 1. The summed E-state index contributed by atoms with van der Waals surface area (Å²) in [5.41, 5.74) is 2.50. The van der Waals surface area contributed by atoms with Gasteiger partial charge in [0.2, 0.25) is 5.91 Å². The lowest BCUT2D eigenvalue weighted by atomic mass is 9.91. The first-order valence-corrected chi connectivity index (χ1v) is 6.31. The highest BCUT2D eigenvalue weighted by atomic mass is 16.2. The van der Waals surface area contributed by atoms with Crippen molar-refractivity contribution in [2.24, 2.45) is 13.0 Å². The van der Waals surface area contributed by atoms with Crippen LogP contribution < -0.4 is 0 Å². The highest BCUT2D eigenvalue weighted by Crippen LogP contribution is 2.22. The van der Waals surface area contributed by atoms with E-state index < -0.39 is 0 Å². The Morgan fingerprint density at radius 2 is 2.12 bits per heavy atom. The zero-order valence-electron chi connectivity index (χ0n) is 10.9. The van der Waals surface area contributed by atoms with Gasteiger partial charge in [0.25, 0.3) is 0 Å². The Morgan fingerprint density at radius 3 is 2.59 bits per heavy atom. The Morgan fingerprint density at radius 1 is 1.47 bits per heavy atom. The van der Waals surface area contributed by atoms with E-state index in [-0.39, 0.29) is 5.91 Å². The van der Waals surface area contributed by atoms with Gasteiger partial charge in [-0.2, -0.15) is 5.10 Å². The number of aryl methyl sites for hydroxylation is 2. The van der Waals surface area contributed by atoms with Gasteiger partial charge in [0.15, 0.2) is 0 Å². The number of hydrogen-bond donors (Lipinski definition) is 0. The summed E-state index contributed by atoms with van der Waals surface area (Å²) in [7, 11) is 1.97. The van der Waals surface area contributed by atoms with Crippen LogP contribution in [0.1, 0.15) is 31.0 Å². The van der Waals surface area contributed by atoms with E-state index in [1.54, 1.807) is 6.92 Å². The van der Waals surface area contributed by atoms with Crippen molar-refractivity contribution >= 4 is 5.91 Å². The van der Waals surface area contributed by atoms with Crippen molar-refractivity contribution in [3.05, 3.63) is 17.5 Å². The molecular weight excluding hydrogens is 214 g/mol. The average Bonchev–Trinajstić information content (AvgIpc) is 2.58. The van der Waals surface area contributed by atoms with Crippen LogP contribution in [0.3, 0.4) is 0 Å². The molecule has 1 aromatic rings. The molecule has 4 heteroatoms. The van der Waals surface area contributed by atoms with Crippen LogP contribution in [0.2, 0.25) is 0 Å². The maximum atomic E-state index is 11.2. The Kier molecular flexibility index (Phi) is 3.50. The van der Waals surface area contributed by atoms with Gasteiger partial charge in [-0.25, -0.2) is 0 Å². The summed E-state index contributed by atoms with van der Waals surface area (Å²) < 4.78 is 1.88. The van der Waals surface area contributed by atoms with E-state index in [0.717, 1.165) is 32.4 Å².